The molecule has 6 atom stereocenters. The van der Waals surface area contributed by atoms with E-state index >= 15 is 0 Å². The van der Waals surface area contributed by atoms with E-state index in [-0.39, 0.29) is 45.6 Å². The number of rotatable bonds is 7. The maximum atomic E-state index is 12.7. The van der Waals surface area contributed by atoms with Gasteiger partial charge in [0.2, 0.25) is 0 Å². The first-order valence-electron chi connectivity index (χ1n) is 14.9. The molecule has 3 rings (SSSR count). The lowest BCUT2D eigenvalue weighted by atomic mass is 9.41. The minimum atomic E-state index is -0.276. The second-order valence-corrected chi connectivity index (χ2v) is 15.9. The number of carbonyl (C=O) groups is 1. The quantitative estimate of drug-likeness (QED) is 0.346. The number of hydrogen-bond donors (Lipinski definition) is 2. The molecule has 0 aromatic rings. The molecule has 3 saturated carbocycles. The summed E-state index contributed by atoms with van der Waals surface area (Å²) >= 11 is 0. The summed E-state index contributed by atoms with van der Waals surface area (Å²) in [5, 5.41) is 21.0. The number of carbonyl (C=O) groups excluding carboxylic acids is 1. The fraction of sp³-hybridized carbons (Fsp3) is 0.909. The normalized spacial score (nSPS) is 41.7. The number of hydrogen-bond acceptors (Lipinski definition) is 3. The minimum Gasteiger partial charge on any atom is -0.396 e. The molecule has 3 nitrogen and oxygen atoms in total. The molecule has 0 heterocycles. The lowest BCUT2D eigenvalue weighted by Gasteiger charge is -2.64. The Kier molecular flexibility index (Phi) is 8.15. The van der Waals surface area contributed by atoms with Crippen LogP contribution < -0.4 is 0 Å². The van der Waals surface area contributed by atoms with Gasteiger partial charge in [0.05, 0.1) is 6.10 Å². The molecule has 0 aromatic carbocycles. The first-order valence-corrected chi connectivity index (χ1v) is 14.9. The maximum absolute atomic E-state index is 12.7. The van der Waals surface area contributed by atoms with Crippen LogP contribution >= 0.6 is 0 Å². The van der Waals surface area contributed by atoms with Gasteiger partial charge in [0, 0.05) is 6.61 Å². The molecular weight excluding hydrogens is 444 g/mol. The summed E-state index contributed by atoms with van der Waals surface area (Å²) in [4.78, 5) is 12.7. The zero-order valence-electron chi connectivity index (χ0n) is 25.4. The highest BCUT2D eigenvalue weighted by molar-refractivity contribution is 5.88. The molecule has 3 heteroatoms. The van der Waals surface area contributed by atoms with Gasteiger partial charge in [-0.1, -0.05) is 67.9 Å². The predicted molar refractivity (Wildman–Crippen MR) is 151 cm³/mol. The van der Waals surface area contributed by atoms with Gasteiger partial charge in [-0.05, 0) is 122 Å². The van der Waals surface area contributed by atoms with Crippen molar-refractivity contribution >= 4 is 5.78 Å². The number of aliphatic hydroxyl groups is 2. The molecule has 2 N–H and O–H groups in total. The van der Waals surface area contributed by atoms with Crippen molar-refractivity contribution in [2.75, 3.05) is 6.61 Å². The maximum Gasteiger partial charge on any atom is 0.152 e. The largest absolute Gasteiger partial charge is 0.396 e. The first-order chi connectivity index (χ1) is 16.4. The van der Waals surface area contributed by atoms with Gasteiger partial charge in [0.25, 0.3) is 0 Å². The van der Waals surface area contributed by atoms with Crippen LogP contribution in [0, 0.1) is 44.3 Å². The van der Waals surface area contributed by atoms with Crippen LogP contribution in [0.3, 0.4) is 0 Å². The molecular formula is C33H58O3. The van der Waals surface area contributed by atoms with Crippen LogP contribution in [0.15, 0.2) is 11.6 Å². The number of ketones is 1. The summed E-state index contributed by atoms with van der Waals surface area (Å²) in [6.07, 6.45) is 12.5. The van der Waals surface area contributed by atoms with Crippen molar-refractivity contribution in [1.82, 2.24) is 0 Å². The van der Waals surface area contributed by atoms with Crippen LogP contribution in [-0.2, 0) is 4.79 Å². The van der Waals surface area contributed by atoms with Gasteiger partial charge in [0.1, 0.15) is 0 Å². The van der Waals surface area contributed by atoms with E-state index in [1.807, 2.05) is 6.08 Å². The third kappa shape index (κ3) is 5.02. The standard InChI is InChI=1S/C33H58O3/c1-23-22-28(3,4)15-17-33(23,19-20-34)18-16-29(5,6)32(10)14-11-25-30(7,8)27(36)12-13-31(25,9)26(32)21-24(2)35/h21,23,25,27,34,36H,11-20,22H2,1-10H3/b26-21-/t23?,25-,27-,31-,32+,33+/m0/s1. The second kappa shape index (κ2) is 9.82. The molecule has 0 radical (unpaired) electrons. The SMILES string of the molecule is CC(=O)/C=C1/[C@@]2(C)CC[C@H](O)C(C)(C)[C@@H]2CC[C@@]1(C)C(C)(C)CC[C@@]1(CCO)CCC(C)(C)CC1C. The average molecular weight is 503 g/mol. The second-order valence-electron chi connectivity index (χ2n) is 15.9. The van der Waals surface area contributed by atoms with E-state index in [0.717, 1.165) is 44.9 Å². The van der Waals surface area contributed by atoms with Crippen molar-refractivity contribution in [3.63, 3.8) is 0 Å². The van der Waals surface area contributed by atoms with Gasteiger partial charge >= 0.3 is 0 Å². The fourth-order valence-electron chi connectivity index (χ4n) is 9.39. The van der Waals surface area contributed by atoms with E-state index in [1.54, 1.807) is 6.92 Å². The summed E-state index contributed by atoms with van der Waals surface area (Å²) in [6, 6.07) is 0. The molecule has 0 bridgehead atoms. The Morgan fingerprint density at radius 3 is 2.19 bits per heavy atom. The Balaban J connectivity index is 1.96. The molecule has 3 fully saturated rings. The molecule has 0 saturated heterocycles. The molecule has 0 aliphatic heterocycles. The third-order valence-electron chi connectivity index (χ3n) is 12.5. The van der Waals surface area contributed by atoms with Crippen molar-refractivity contribution in [3.8, 4) is 0 Å². The zero-order chi connectivity index (χ0) is 27.4. The Bertz CT molecular complexity index is 851. The highest BCUT2D eigenvalue weighted by Gasteiger charge is 2.61. The van der Waals surface area contributed by atoms with Crippen molar-refractivity contribution < 1.29 is 15.0 Å². The molecule has 3 aliphatic rings. The Morgan fingerprint density at radius 2 is 1.64 bits per heavy atom. The average Bonchev–Trinajstić information content (AvgIpc) is 2.74. The van der Waals surface area contributed by atoms with Crippen molar-refractivity contribution in [3.05, 3.63) is 11.6 Å². The lowest BCUT2D eigenvalue weighted by molar-refractivity contribution is -0.122. The fourth-order valence-corrected chi connectivity index (χ4v) is 9.39. The highest BCUT2D eigenvalue weighted by Crippen LogP contribution is 2.68. The van der Waals surface area contributed by atoms with Gasteiger partial charge in [-0.25, -0.2) is 0 Å². The van der Waals surface area contributed by atoms with Crippen molar-refractivity contribution in [2.24, 2.45) is 44.3 Å². The van der Waals surface area contributed by atoms with Crippen LogP contribution in [0.4, 0.5) is 0 Å². The van der Waals surface area contributed by atoms with Crippen LogP contribution in [0.5, 0.6) is 0 Å². The smallest absolute Gasteiger partial charge is 0.152 e. The summed E-state index contributed by atoms with van der Waals surface area (Å²) < 4.78 is 0. The molecule has 208 valence electrons. The molecule has 36 heavy (non-hydrogen) atoms. The molecule has 0 aromatic heterocycles. The molecule has 3 aliphatic carbocycles. The van der Waals surface area contributed by atoms with Crippen LogP contribution in [-0.4, -0.2) is 28.7 Å². The third-order valence-corrected chi connectivity index (χ3v) is 12.5. The van der Waals surface area contributed by atoms with Crippen LogP contribution in [0.25, 0.3) is 0 Å². The van der Waals surface area contributed by atoms with Crippen LogP contribution in [0.1, 0.15) is 133 Å². The van der Waals surface area contributed by atoms with E-state index in [0.29, 0.717) is 17.3 Å². The highest BCUT2D eigenvalue weighted by atomic mass is 16.3. The van der Waals surface area contributed by atoms with E-state index < -0.39 is 0 Å². The van der Waals surface area contributed by atoms with Gasteiger partial charge in [0.15, 0.2) is 5.78 Å². The number of aliphatic hydroxyl groups excluding tert-OH is 2. The Labute approximate surface area is 222 Å². The number of fused-ring (bicyclic) bond motifs is 1. The summed E-state index contributed by atoms with van der Waals surface area (Å²) in [5.74, 6) is 1.14. The Morgan fingerprint density at radius 1 is 1.00 bits per heavy atom. The van der Waals surface area contributed by atoms with Gasteiger partial charge in [-0.15, -0.1) is 0 Å². The zero-order valence-corrected chi connectivity index (χ0v) is 25.4. The first kappa shape index (κ1) is 29.9. The predicted octanol–water partition coefficient (Wildman–Crippen LogP) is 8.13. The number of allylic oxidation sites excluding steroid dienone is 2. The molecule has 1 unspecified atom stereocenters. The van der Waals surface area contributed by atoms with E-state index in [1.165, 1.54) is 24.8 Å². The monoisotopic (exact) mass is 502 g/mol. The summed E-state index contributed by atoms with van der Waals surface area (Å²) in [5.41, 5.74) is 1.69. The van der Waals surface area contributed by atoms with Crippen molar-refractivity contribution in [1.29, 1.82) is 0 Å². The van der Waals surface area contributed by atoms with Gasteiger partial charge in [-0.2, -0.15) is 0 Å². The molecule has 0 spiro atoms. The van der Waals surface area contributed by atoms with Crippen molar-refractivity contribution in [2.45, 2.75) is 140 Å². The topological polar surface area (TPSA) is 57.5 Å². The molecule has 0 amide bonds. The van der Waals surface area contributed by atoms with E-state index in [9.17, 15) is 15.0 Å². The van der Waals surface area contributed by atoms with Gasteiger partial charge < -0.3 is 10.2 Å². The summed E-state index contributed by atoms with van der Waals surface area (Å²) in [7, 11) is 0. The summed E-state index contributed by atoms with van der Waals surface area (Å²) in [6.45, 7) is 23.4. The van der Waals surface area contributed by atoms with E-state index in [4.69, 9.17) is 0 Å². The van der Waals surface area contributed by atoms with Crippen LogP contribution in [0.2, 0.25) is 0 Å². The van der Waals surface area contributed by atoms with Gasteiger partial charge in [-0.3, -0.25) is 4.79 Å². The van der Waals surface area contributed by atoms with E-state index in [2.05, 4.69) is 62.3 Å². The lowest BCUT2D eigenvalue weighted by Crippen LogP contribution is -2.57. The Hall–Kier alpha value is -0.670. The minimum absolute atomic E-state index is 0.0254.